The minimum absolute atomic E-state index is 0.372. The van der Waals surface area contributed by atoms with Crippen molar-refractivity contribution < 1.29 is 19.1 Å². The second kappa shape index (κ2) is 9.03. The number of rotatable bonds is 6. The molecule has 0 saturated heterocycles. The lowest BCUT2D eigenvalue weighted by atomic mass is 10.1. The first kappa shape index (κ1) is 17.9. The van der Waals surface area contributed by atoms with Crippen LogP contribution >= 0.6 is 15.9 Å². The fraction of sp³-hybridized carbons (Fsp3) is 0.158. The van der Waals surface area contributed by atoms with Crippen molar-refractivity contribution in [3.63, 3.8) is 0 Å². The fourth-order valence-corrected chi connectivity index (χ4v) is 2.21. The average molecular weight is 389 g/mol. The summed E-state index contributed by atoms with van der Waals surface area (Å²) in [5.41, 5.74) is 1.85. The SMILES string of the molecule is CCCOC(=O)c1ccc(OC(=O)c2ccc(/C=C/Br)cc2)cc1. The maximum absolute atomic E-state index is 12.1. The molecule has 0 spiro atoms. The van der Waals surface area contributed by atoms with E-state index in [9.17, 15) is 9.59 Å². The minimum Gasteiger partial charge on any atom is -0.462 e. The lowest BCUT2D eigenvalue weighted by Crippen LogP contribution is -2.09. The summed E-state index contributed by atoms with van der Waals surface area (Å²) in [5, 5.41) is 0. The highest BCUT2D eigenvalue weighted by atomic mass is 79.9. The molecule has 0 N–H and O–H groups in total. The van der Waals surface area contributed by atoms with Crippen LogP contribution in [0.3, 0.4) is 0 Å². The van der Waals surface area contributed by atoms with Gasteiger partial charge in [-0.25, -0.2) is 9.59 Å². The molecule has 0 aliphatic carbocycles. The van der Waals surface area contributed by atoms with Gasteiger partial charge in [-0.05, 0) is 59.4 Å². The van der Waals surface area contributed by atoms with Crippen molar-refractivity contribution in [2.24, 2.45) is 0 Å². The van der Waals surface area contributed by atoms with Crippen molar-refractivity contribution in [2.45, 2.75) is 13.3 Å². The van der Waals surface area contributed by atoms with Crippen LogP contribution in [0.1, 0.15) is 39.6 Å². The summed E-state index contributed by atoms with van der Waals surface area (Å²) in [6.45, 7) is 2.31. The molecule has 5 heteroatoms. The zero-order chi connectivity index (χ0) is 17.4. The van der Waals surface area contributed by atoms with Crippen LogP contribution in [0.5, 0.6) is 5.75 Å². The molecule has 0 aliphatic rings. The fourth-order valence-electron chi connectivity index (χ4n) is 1.91. The number of ether oxygens (including phenoxy) is 2. The van der Waals surface area contributed by atoms with Crippen LogP contribution in [-0.2, 0) is 4.74 Å². The number of carbonyl (C=O) groups excluding carboxylic acids is 2. The van der Waals surface area contributed by atoms with Gasteiger partial charge in [0.25, 0.3) is 0 Å². The summed E-state index contributed by atoms with van der Waals surface area (Å²) >= 11 is 3.20. The van der Waals surface area contributed by atoms with Gasteiger partial charge in [0.2, 0.25) is 0 Å². The summed E-state index contributed by atoms with van der Waals surface area (Å²) in [7, 11) is 0. The van der Waals surface area contributed by atoms with E-state index in [2.05, 4.69) is 15.9 Å². The molecule has 0 aromatic heterocycles. The summed E-state index contributed by atoms with van der Waals surface area (Å²) in [6, 6.07) is 13.3. The average Bonchev–Trinajstić information content (AvgIpc) is 2.61. The van der Waals surface area contributed by atoms with Gasteiger partial charge < -0.3 is 9.47 Å². The van der Waals surface area contributed by atoms with Crippen molar-refractivity contribution in [2.75, 3.05) is 6.61 Å². The molecular weight excluding hydrogens is 372 g/mol. The van der Waals surface area contributed by atoms with Crippen LogP contribution in [0, 0.1) is 0 Å². The van der Waals surface area contributed by atoms with Crippen LogP contribution < -0.4 is 4.74 Å². The van der Waals surface area contributed by atoms with Crippen molar-refractivity contribution >= 4 is 33.9 Å². The molecule has 0 amide bonds. The standard InChI is InChI=1S/C19H17BrO4/c1-2-13-23-18(21)15-7-9-17(10-8-15)24-19(22)16-5-3-14(4-6-16)11-12-20/h3-12H,2,13H2,1H3/b12-11+. The van der Waals surface area contributed by atoms with Gasteiger partial charge in [-0.15, -0.1) is 0 Å². The maximum Gasteiger partial charge on any atom is 0.343 e. The topological polar surface area (TPSA) is 52.6 Å². The molecule has 2 aromatic carbocycles. The normalized spacial score (nSPS) is 10.6. The molecule has 0 bridgehead atoms. The van der Waals surface area contributed by atoms with Crippen molar-refractivity contribution in [3.05, 3.63) is 70.2 Å². The predicted octanol–water partition coefficient (Wildman–Crippen LogP) is 4.84. The van der Waals surface area contributed by atoms with Crippen molar-refractivity contribution in [1.29, 1.82) is 0 Å². The molecule has 0 heterocycles. The van der Waals surface area contributed by atoms with E-state index in [1.54, 1.807) is 41.4 Å². The van der Waals surface area contributed by atoms with E-state index in [1.807, 2.05) is 25.1 Å². The molecule has 0 radical (unpaired) electrons. The third kappa shape index (κ3) is 5.06. The monoisotopic (exact) mass is 388 g/mol. The molecule has 0 saturated carbocycles. The molecule has 0 fully saturated rings. The number of hydrogen-bond acceptors (Lipinski definition) is 4. The summed E-state index contributed by atoms with van der Waals surface area (Å²) in [5.74, 6) is -0.465. The molecule has 124 valence electrons. The lowest BCUT2D eigenvalue weighted by molar-refractivity contribution is 0.0505. The molecule has 0 aliphatic heterocycles. The Morgan fingerprint density at radius 2 is 1.54 bits per heavy atom. The van der Waals surface area contributed by atoms with E-state index in [1.165, 1.54) is 0 Å². The van der Waals surface area contributed by atoms with Crippen LogP contribution in [0.2, 0.25) is 0 Å². The van der Waals surface area contributed by atoms with Gasteiger partial charge in [0, 0.05) is 0 Å². The second-order valence-corrected chi connectivity index (χ2v) is 5.49. The largest absolute Gasteiger partial charge is 0.462 e. The Morgan fingerprint density at radius 3 is 2.12 bits per heavy atom. The quantitative estimate of drug-likeness (QED) is 0.524. The van der Waals surface area contributed by atoms with E-state index >= 15 is 0 Å². The van der Waals surface area contributed by atoms with Gasteiger partial charge >= 0.3 is 11.9 Å². The third-order valence-electron chi connectivity index (χ3n) is 3.14. The van der Waals surface area contributed by atoms with Crippen molar-refractivity contribution in [3.8, 4) is 5.75 Å². The highest BCUT2D eigenvalue weighted by Crippen LogP contribution is 2.16. The Balaban J connectivity index is 2.00. The third-order valence-corrected chi connectivity index (χ3v) is 3.40. The van der Waals surface area contributed by atoms with E-state index in [0.717, 1.165) is 12.0 Å². The first-order chi connectivity index (χ1) is 11.6. The number of carbonyl (C=O) groups is 2. The molecule has 0 atom stereocenters. The number of hydrogen-bond donors (Lipinski definition) is 0. The van der Waals surface area contributed by atoms with Gasteiger partial charge in [-0.2, -0.15) is 0 Å². The first-order valence-corrected chi connectivity index (χ1v) is 8.42. The Kier molecular flexibility index (Phi) is 6.75. The van der Waals surface area contributed by atoms with Crippen LogP contribution in [-0.4, -0.2) is 18.5 Å². The summed E-state index contributed by atoms with van der Waals surface area (Å²) in [4.78, 5) is 25.6. The smallest absolute Gasteiger partial charge is 0.343 e. The Bertz CT molecular complexity index is 718. The molecule has 4 nitrogen and oxygen atoms in total. The molecular formula is C19H17BrO4. The summed E-state index contributed by atoms with van der Waals surface area (Å²) < 4.78 is 10.3. The molecule has 0 unspecified atom stereocenters. The second-order valence-electron chi connectivity index (χ2n) is 4.96. The van der Waals surface area contributed by atoms with Gasteiger partial charge in [0.1, 0.15) is 5.75 Å². The Labute approximate surface area is 149 Å². The van der Waals surface area contributed by atoms with Gasteiger partial charge in [0.05, 0.1) is 17.7 Å². The summed E-state index contributed by atoms with van der Waals surface area (Å²) in [6.07, 6.45) is 2.64. The van der Waals surface area contributed by atoms with E-state index in [-0.39, 0.29) is 5.97 Å². The van der Waals surface area contributed by atoms with Crippen LogP contribution in [0.4, 0.5) is 0 Å². The Hall–Kier alpha value is -2.40. The molecule has 2 aromatic rings. The number of benzene rings is 2. The van der Waals surface area contributed by atoms with Gasteiger partial charge in [-0.3, -0.25) is 0 Å². The van der Waals surface area contributed by atoms with Crippen molar-refractivity contribution in [1.82, 2.24) is 0 Å². The lowest BCUT2D eigenvalue weighted by Gasteiger charge is -2.06. The van der Waals surface area contributed by atoms with E-state index < -0.39 is 5.97 Å². The minimum atomic E-state index is -0.453. The van der Waals surface area contributed by atoms with Gasteiger partial charge in [-0.1, -0.05) is 35.0 Å². The van der Waals surface area contributed by atoms with Crippen LogP contribution in [0.25, 0.3) is 6.08 Å². The maximum atomic E-state index is 12.1. The highest BCUT2D eigenvalue weighted by Gasteiger charge is 2.10. The van der Waals surface area contributed by atoms with E-state index in [0.29, 0.717) is 23.5 Å². The van der Waals surface area contributed by atoms with Gasteiger partial charge in [0.15, 0.2) is 0 Å². The predicted molar refractivity (Wildman–Crippen MR) is 96.4 cm³/mol. The highest BCUT2D eigenvalue weighted by molar-refractivity contribution is 9.11. The number of halogens is 1. The van der Waals surface area contributed by atoms with E-state index in [4.69, 9.17) is 9.47 Å². The molecule has 24 heavy (non-hydrogen) atoms. The number of esters is 2. The zero-order valence-corrected chi connectivity index (χ0v) is 14.8. The molecule has 2 rings (SSSR count). The van der Waals surface area contributed by atoms with Crippen LogP contribution in [0.15, 0.2) is 53.5 Å². The first-order valence-electron chi connectivity index (χ1n) is 7.50. The zero-order valence-electron chi connectivity index (χ0n) is 13.2. The Morgan fingerprint density at radius 1 is 0.958 bits per heavy atom.